The van der Waals surface area contributed by atoms with Crippen LogP contribution in [0.15, 0.2) is 18.2 Å². The van der Waals surface area contributed by atoms with Crippen LogP contribution in [0.5, 0.6) is 0 Å². The van der Waals surface area contributed by atoms with Gasteiger partial charge < -0.3 is 4.90 Å². The van der Waals surface area contributed by atoms with Crippen molar-refractivity contribution in [3.8, 4) is 0 Å². The second kappa shape index (κ2) is 2.91. The molecule has 0 radical (unpaired) electrons. The van der Waals surface area contributed by atoms with Gasteiger partial charge in [0, 0.05) is 13.1 Å². The molecule has 0 spiro atoms. The summed E-state index contributed by atoms with van der Waals surface area (Å²) in [4.78, 5) is 2.38. The molecule has 0 saturated carbocycles. The van der Waals surface area contributed by atoms with Crippen LogP contribution in [0.1, 0.15) is 16.7 Å². The molecular weight excluding hydrogens is 146 g/mol. The van der Waals surface area contributed by atoms with Crippen LogP contribution in [-0.2, 0) is 13.0 Å². The smallest absolute Gasteiger partial charge is 0.0233 e. The topological polar surface area (TPSA) is 3.24 Å². The van der Waals surface area contributed by atoms with Crippen LogP contribution < -0.4 is 0 Å². The Hall–Kier alpha value is -0.820. The van der Waals surface area contributed by atoms with Crippen LogP contribution in [0.3, 0.4) is 0 Å². The number of fused-ring (bicyclic) bond motifs is 1. The average Bonchev–Trinajstić information content (AvgIpc) is 2.04. The van der Waals surface area contributed by atoms with E-state index in [-0.39, 0.29) is 0 Å². The van der Waals surface area contributed by atoms with Crippen LogP contribution in [0.2, 0.25) is 0 Å². The number of benzene rings is 1. The molecule has 1 heteroatoms. The van der Waals surface area contributed by atoms with Crippen molar-refractivity contribution in [1.29, 1.82) is 0 Å². The van der Waals surface area contributed by atoms with Crippen molar-refractivity contribution >= 4 is 0 Å². The Morgan fingerprint density at radius 2 is 2.17 bits per heavy atom. The van der Waals surface area contributed by atoms with Crippen molar-refractivity contribution in [3.05, 3.63) is 34.9 Å². The van der Waals surface area contributed by atoms with Crippen molar-refractivity contribution in [3.63, 3.8) is 0 Å². The normalized spacial score (nSPS) is 17.5. The van der Waals surface area contributed by atoms with E-state index < -0.39 is 0 Å². The Bertz CT molecular complexity index is 291. The average molecular weight is 161 g/mol. The lowest BCUT2D eigenvalue weighted by Crippen LogP contribution is -2.26. The van der Waals surface area contributed by atoms with E-state index in [9.17, 15) is 0 Å². The fourth-order valence-corrected chi connectivity index (χ4v) is 1.94. The van der Waals surface area contributed by atoms with Gasteiger partial charge in [-0.15, -0.1) is 0 Å². The van der Waals surface area contributed by atoms with Gasteiger partial charge in [0.15, 0.2) is 0 Å². The molecule has 1 aromatic rings. The van der Waals surface area contributed by atoms with E-state index >= 15 is 0 Å². The Kier molecular flexibility index (Phi) is 1.89. The second-order valence-electron chi connectivity index (χ2n) is 3.70. The van der Waals surface area contributed by atoms with Gasteiger partial charge in [-0.05, 0) is 37.1 Å². The third kappa shape index (κ3) is 1.25. The summed E-state index contributed by atoms with van der Waals surface area (Å²) >= 11 is 0. The lowest BCUT2D eigenvalue weighted by Gasteiger charge is -2.25. The van der Waals surface area contributed by atoms with E-state index in [1.807, 2.05) is 0 Å². The maximum atomic E-state index is 2.38. The van der Waals surface area contributed by atoms with E-state index in [2.05, 4.69) is 37.1 Å². The lowest BCUT2D eigenvalue weighted by molar-refractivity contribution is 0.312. The van der Waals surface area contributed by atoms with Gasteiger partial charge in [0.05, 0.1) is 0 Å². The molecular formula is C11H15N. The molecule has 1 heterocycles. The van der Waals surface area contributed by atoms with Crippen LogP contribution >= 0.6 is 0 Å². The minimum absolute atomic E-state index is 1.12. The molecule has 0 unspecified atom stereocenters. The van der Waals surface area contributed by atoms with Crippen molar-refractivity contribution in [1.82, 2.24) is 4.90 Å². The number of aryl methyl sites for hydroxylation is 1. The maximum absolute atomic E-state index is 2.38. The Morgan fingerprint density at radius 1 is 1.33 bits per heavy atom. The lowest BCUT2D eigenvalue weighted by atomic mass is 9.96. The molecule has 0 N–H and O–H groups in total. The Morgan fingerprint density at radius 3 is 3.00 bits per heavy atom. The molecule has 2 rings (SSSR count). The van der Waals surface area contributed by atoms with Gasteiger partial charge in [-0.3, -0.25) is 0 Å². The van der Waals surface area contributed by atoms with Crippen LogP contribution in [-0.4, -0.2) is 18.5 Å². The first-order valence-electron chi connectivity index (χ1n) is 4.53. The molecule has 0 bridgehead atoms. The predicted molar refractivity (Wildman–Crippen MR) is 51.2 cm³/mol. The van der Waals surface area contributed by atoms with Crippen LogP contribution in [0, 0.1) is 6.92 Å². The van der Waals surface area contributed by atoms with Gasteiger partial charge in [-0.2, -0.15) is 0 Å². The molecule has 0 fully saturated rings. The van der Waals surface area contributed by atoms with E-state index in [4.69, 9.17) is 0 Å². The Labute approximate surface area is 74.0 Å². The summed E-state index contributed by atoms with van der Waals surface area (Å²) in [5.41, 5.74) is 4.56. The van der Waals surface area contributed by atoms with E-state index in [1.54, 1.807) is 5.56 Å². The first-order valence-corrected chi connectivity index (χ1v) is 4.53. The highest BCUT2D eigenvalue weighted by Crippen LogP contribution is 2.20. The quantitative estimate of drug-likeness (QED) is 0.562. The van der Waals surface area contributed by atoms with E-state index in [1.165, 1.54) is 24.1 Å². The molecule has 1 nitrogen and oxygen atoms in total. The zero-order chi connectivity index (χ0) is 8.55. The first kappa shape index (κ1) is 7.81. The van der Waals surface area contributed by atoms with Crippen molar-refractivity contribution < 1.29 is 0 Å². The van der Waals surface area contributed by atoms with Crippen LogP contribution in [0.4, 0.5) is 0 Å². The van der Waals surface area contributed by atoms with Gasteiger partial charge in [0.25, 0.3) is 0 Å². The largest absolute Gasteiger partial charge is 0.302 e. The van der Waals surface area contributed by atoms with E-state index in [0.717, 1.165) is 6.54 Å². The van der Waals surface area contributed by atoms with Gasteiger partial charge in [-0.1, -0.05) is 18.2 Å². The highest BCUT2D eigenvalue weighted by Gasteiger charge is 2.13. The summed E-state index contributed by atoms with van der Waals surface area (Å²) in [5, 5.41) is 0. The molecule has 0 saturated heterocycles. The number of rotatable bonds is 0. The number of nitrogens with zero attached hydrogens (tertiary/aromatic N) is 1. The summed E-state index contributed by atoms with van der Waals surface area (Å²) in [6.07, 6.45) is 1.22. The highest BCUT2D eigenvalue weighted by atomic mass is 15.1. The fourth-order valence-electron chi connectivity index (χ4n) is 1.94. The minimum atomic E-state index is 1.12. The summed E-state index contributed by atoms with van der Waals surface area (Å²) in [6, 6.07) is 6.62. The van der Waals surface area contributed by atoms with Gasteiger partial charge in [0.2, 0.25) is 0 Å². The summed E-state index contributed by atoms with van der Waals surface area (Å²) in [7, 11) is 2.19. The molecule has 1 aromatic carbocycles. The third-order valence-corrected chi connectivity index (χ3v) is 2.69. The molecule has 1 aliphatic heterocycles. The minimum Gasteiger partial charge on any atom is -0.302 e. The van der Waals surface area contributed by atoms with Crippen molar-refractivity contribution in [2.75, 3.05) is 13.6 Å². The number of likely N-dealkylation sites (N-methyl/N-ethyl adjacent to an activating group) is 1. The highest BCUT2D eigenvalue weighted by molar-refractivity contribution is 5.35. The number of hydrogen-bond donors (Lipinski definition) is 0. The van der Waals surface area contributed by atoms with E-state index in [0.29, 0.717) is 0 Å². The second-order valence-corrected chi connectivity index (χ2v) is 3.70. The van der Waals surface area contributed by atoms with Gasteiger partial charge in [0.1, 0.15) is 0 Å². The summed E-state index contributed by atoms with van der Waals surface area (Å²) in [5.74, 6) is 0. The molecule has 1 aliphatic rings. The Balaban J connectivity index is 2.42. The molecule has 0 atom stereocenters. The first-order chi connectivity index (χ1) is 5.77. The molecule has 12 heavy (non-hydrogen) atoms. The summed E-state index contributed by atoms with van der Waals surface area (Å²) in [6.45, 7) is 4.54. The van der Waals surface area contributed by atoms with Gasteiger partial charge >= 0.3 is 0 Å². The monoisotopic (exact) mass is 161 g/mol. The maximum Gasteiger partial charge on any atom is 0.0233 e. The van der Waals surface area contributed by atoms with Crippen molar-refractivity contribution in [2.45, 2.75) is 19.9 Å². The molecule has 0 amide bonds. The zero-order valence-corrected chi connectivity index (χ0v) is 7.80. The predicted octanol–water partition coefficient (Wildman–Crippen LogP) is 1.98. The third-order valence-electron chi connectivity index (χ3n) is 2.69. The SMILES string of the molecule is Cc1cccc2c1CCN(C)C2. The van der Waals surface area contributed by atoms with Crippen molar-refractivity contribution in [2.24, 2.45) is 0 Å². The number of hydrogen-bond acceptors (Lipinski definition) is 1. The fraction of sp³-hybridized carbons (Fsp3) is 0.455. The van der Waals surface area contributed by atoms with Crippen LogP contribution in [0.25, 0.3) is 0 Å². The van der Waals surface area contributed by atoms with Gasteiger partial charge in [-0.25, -0.2) is 0 Å². The standard InChI is InChI=1S/C11H15N/c1-9-4-3-5-10-8-12(2)7-6-11(9)10/h3-5H,6-8H2,1-2H3. The zero-order valence-electron chi connectivity index (χ0n) is 7.80. The molecule has 0 aromatic heterocycles. The molecule has 0 aliphatic carbocycles. The molecule has 64 valence electrons. The summed E-state index contributed by atoms with van der Waals surface area (Å²) < 4.78 is 0.